The lowest BCUT2D eigenvalue weighted by Gasteiger charge is -2.13. The molecule has 0 amide bonds. The van der Waals surface area contributed by atoms with E-state index in [1.54, 1.807) is 0 Å². The number of rotatable bonds is 3. The molecule has 1 heterocycles. The molecule has 0 radical (unpaired) electrons. The Kier molecular flexibility index (Phi) is 2.64. The van der Waals surface area contributed by atoms with Gasteiger partial charge < -0.3 is 0 Å². The fraction of sp³-hybridized carbons (Fsp3) is 0.625. The van der Waals surface area contributed by atoms with Gasteiger partial charge in [0.25, 0.3) is 0 Å². The molecule has 0 aliphatic heterocycles. The van der Waals surface area contributed by atoms with Gasteiger partial charge in [0.2, 0.25) is 0 Å². The second-order valence-corrected chi connectivity index (χ2v) is 6.61. The van der Waals surface area contributed by atoms with Crippen LogP contribution < -0.4 is 0 Å². The quantitative estimate of drug-likeness (QED) is 0.841. The van der Waals surface area contributed by atoms with Crippen molar-refractivity contribution in [3.8, 4) is 0 Å². The van der Waals surface area contributed by atoms with E-state index in [4.69, 9.17) is 0 Å². The van der Waals surface area contributed by atoms with E-state index in [2.05, 4.69) is 21.0 Å². The van der Waals surface area contributed by atoms with Gasteiger partial charge >= 0.3 is 10.2 Å². The summed E-state index contributed by atoms with van der Waals surface area (Å²) in [5.74, 6) is 0.330. The molecule has 7 heteroatoms. The van der Waals surface area contributed by atoms with Gasteiger partial charge in [0.1, 0.15) is 0 Å². The molecule has 1 fully saturated rings. The van der Waals surface area contributed by atoms with E-state index in [9.17, 15) is 8.42 Å². The minimum absolute atomic E-state index is 0.330. The standard InChI is InChI=1S/C8H12BrN3O2S/c1-11(2)15(13,14)12-8(6-3-4-6)7(9)5-10-12/h5-6H,3-4H2,1-2H3. The smallest absolute Gasteiger partial charge is 0.189 e. The van der Waals surface area contributed by atoms with Gasteiger partial charge in [0, 0.05) is 20.0 Å². The van der Waals surface area contributed by atoms with Crippen LogP contribution in [0.4, 0.5) is 0 Å². The number of aromatic nitrogens is 2. The van der Waals surface area contributed by atoms with Gasteiger partial charge in [-0.2, -0.15) is 17.8 Å². The van der Waals surface area contributed by atoms with Gasteiger partial charge in [-0.3, -0.25) is 0 Å². The van der Waals surface area contributed by atoms with Crippen LogP contribution in [0.25, 0.3) is 0 Å². The van der Waals surface area contributed by atoms with Crippen LogP contribution in [-0.2, 0) is 10.2 Å². The molecule has 1 aliphatic carbocycles. The second-order valence-electron chi connectivity index (χ2n) is 3.79. The maximum atomic E-state index is 11.9. The van der Waals surface area contributed by atoms with E-state index in [1.807, 2.05) is 0 Å². The molecular formula is C8H12BrN3O2S. The summed E-state index contributed by atoms with van der Waals surface area (Å²) in [5.41, 5.74) is 0.767. The highest BCUT2D eigenvalue weighted by atomic mass is 79.9. The molecule has 0 aromatic carbocycles. The summed E-state index contributed by atoms with van der Waals surface area (Å²) < 4.78 is 26.9. The first-order chi connectivity index (χ1) is 6.94. The summed E-state index contributed by atoms with van der Waals surface area (Å²) >= 11 is 3.33. The predicted octanol–water partition coefficient (Wildman–Crippen LogP) is 1.18. The highest BCUT2D eigenvalue weighted by Crippen LogP contribution is 2.43. The van der Waals surface area contributed by atoms with Crippen molar-refractivity contribution >= 4 is 26.1 Å². The molecule has 0 N–H and O–H groups in total. The largest absolute Gasteiger partial charge is 0.322 e. The van der Waals surface area contributed by atoms with Crippen LogP contribution in [0.15, 0.2) is 10.7 Å². The average Bonchev–Trinajstić information content (AvgIpc) is 2.89. The molecule has 2 rings (SSSR count). The van der Waals surface area contributed by atoms with E-state index in [-0.39, 0.29) is 0 Å². The van der Waals surface area contributed by atoms with Crippen molar-refractivity contribution in [1.82, 2.24) is 13.5 Å². The van der Waals surface area contributed by atoms with Gasteiger partial charge in [0.05, 0.1) is 16.4 Å². The Hall–Kier alpha value is -0.400. The zero-order chi connectivity index (χ0) is 11.2. The summed E-state index contributed by atoms with van der Waals surface area (Å²) in [5, 5.41) is 3.91. The Morgan fingerprint density at radius 2 is 2.13 bits per heavy atom. The lowest BCUT2D eigenvalue weighted by molar-refractivity contribution is 0.501. The Balaban J connectivity index is 2.53. The Bertz CT molecular complexity index is 476. The normalized spacial score (nSPS) is 17.3. The minimum Gasteiger partial charge on any atom is -0.189 e. The van der Waals surface area contributed by atoms with Gasteiger partial charge in [-0.05, 0) is 28.8 Å². The molecule has 84 valence electrons. The fourth-order valence-electron chi connectivity index (χ4n) is 1.37. The third-order valence-corrected chi connectivity index (χ3v) is 4.63. The van der Waals surface area contributed by atoms with Crippen molar-refractivity contribution in [3.05, 3.63) is 16.4 Å². The molecule has 0 atom stereocenters. The first-order valence-electron chi connectivity index (χ1n) is 4.61. The molecule has 0 spiro atoms. The van der Waals surface area contributed by atoms with Gasteiger partial charge in [-0.25, -0.2) is 0 Å². The zero-order valence-electron chi connectivity index (χ0n) is 8.51. The molecule has 15 heavy (non-hydrogen) atoms. The SMILES string of the molecule is CN(C)S(=O)(=O)n1ncc(Br)c1C1CC1. The molecule has 1 aliphatic rings. The molecule has 1 aromatic rings. The van der Waals surface area contributed by atoms with Crippen LogP contribution in [0.2, 0.25) is 0 Å². The average molecular weight is 294 g/mol. The molecule has 1 aromatic heterocycles. The van der Waals surface area contributed by atoms with Crippen molar-refractivity contribution in [3.63, 3.8) is 0 Å². The lowest BCUT2D eigenvalue weighted by atomic mass is 10.3. The number of nitrogens with zero attached hydrogens (tertiary/aromatic N) is 3. The van der Waals surface area contributed by atoms with Gasteiger partial charge in [-0.1, -0.05) is 0 Å². The number of halogens is 1. The van der Waals surface area contributed by atoms with Crippen molar-refractivity contribution in [2.24, 2.45) is 0 Å². The molecule has 0 unspecified atom stereocenters. The monoisotopic (exact) mass is 293 g/mol. The molecule has 0 bridgehead atoms. The maximum absolute atomic E-state index is 11.9. The van der Waals surface area contributed by atoms with Crippen LogP contribution in [0.3, 0.4) is 0 Å². The number of hydrogen-bond acceptors (Lipinski definition) is 3. The lowest BCUT2D eigenvalue weighted by Crippen LogP contribution is -2.30. The van der Waals surface area contributed by atoms with Crippen LogP contribution in [-0.4, -0.2) is 36.0 Å². The molecule has 1 saturated carbocycles. The van der Waals surface area contributed by atoms with E-state index >= 15 is 0 Å². The highest BCUT2D eigenvalue weighted by molar-refractivity contribution is 9.10. The molecule has 5 nitrogen and oxygen atoms in total. The molecule has 0 saturated heterocycles. The fourth-order valence-corrected chi connectivity index (χ4v) is 3.04. The van der Waals surface area contributed by atoms with E-state index < -0.39 is 10.2 Å². The minimum atomic E-state index is -3.48. The maximum Gasteiger partial charge on any atom is 0.322 e. The second kappa shape index (κ2) is 3.57. The van der Waals surface area contributed by atoms with Crippen LogP contribution in [0.5, 0.6) is 0 Å². The van der Waals surface area contributed by atoms with E-state index in [0.717, 1.165) is 31.4 Å². The predicted molar refractivity (Wildman–Crippen MR) is 59.9 cm³/mol. The number of hydrogen-bond donors (Lipinski definition) is 0. The van der Waals surface area contributed by atoms with Crippen LogP contribution in [0.1, 0.15) is 24.5 Å². The highest BCUT2D eigenvalue weighted by Gasteiger charge is 2.34. The third-order valence-electron chi connectivity index (χ3n) is 2.37. The summed E-state index contributed by atoms with van der Waals surface area (Å²) in [4.78, 5) is 0. The van der Waals surface area contributed by atoms with Crippen LogP contribution >= 0.6 is 15.9 Å². The zero-order valence-corrected chi connectivity index (χ0v) is 10.9. The summed E-state index contributed by atoms with van der Waals surface area (Å²) in [7, 11) is -0.480. The topological polar surface area (TPSA) is 55.2 Å². The van der Waals surface area contributed by atoms with E-state index in [1.165, 1.54) is 20.3 Å². The summed E-state index contributed by atoms with van der Waals surface area (Å²) in [6.07, 6.45) is 3.61. The summed E-state index contributed by atoms with van der Waals surface area (Å²) in [6, 6.07) is 0. The Morgan fingerprint density at radius 3 is 2.60 bits per heavy atom. The Labute approximate surface area is 97.4 Å². The molecular weight excluding hydrogens is 282 g/mol. The van der Waals surface area contributed by atoms with Gasteiger partial charge in [0.15, 0.2) is 0 Å². The van der Waals surface area contributed by atoms with Crippen molar-refractivity contribution in [2.75, 3.05) is 14.1 Å². The van der Waals surface area contributed by atoms with Crippen molar-refractivity contribution in [1.29, 1.82) is 0 Å². The first kappa shape index (κ1) is 11.1. The van der Waals surface area contributed by atoms with Gasteiger partial charge in [-0.15, -0.1) is 4.09 Å². The van der Waals surface area contributed by atoms with Crippen LogP contribution in [0, 0.1) is 0 Å². The van der Waals surface area contributed by atoms with Crippen molar-refractivity contribution in [2.45, 2.75) is 18.8 Å². The summed E-state index contributed by atoms with van der Waals surface area (Å²) in [6.45, 7) is 0. The third kappa shape index (κ3) is 1.83. The van der Waals surface area contributed by atoms with E-state index in [0.29, 0.717) is 5.92 Å². The van der Waals surface area contributed by atoms with Crippen molar-refractivity contribution < 1.29 is 8.42 Å². The Morgan fingerprint density at radius 1 is 1.53 bits per heavy atom. The first-order valence-corrected chi connectivity index (χ1v) is 6.80.